The lowest BCUT2D eigenvalue weighted by Gasteiger charge is -2.27. The fraction of sp³-hybridized carbons (Fsp3) is 1.00. The molecule has 1 N–H and O–H groups in total. The highest BCUT2D eigenvalue weighted by Gasteiger charge is 2.21. The Bertz CT molecular complexity index is 151. The Morgan fingerprint density at radius 3 is 2.19 bits per heavy atom. The smallest absolute Gasteiger partial charge is 0.0593 e. The summed E-state index contributed by atoms with van der Waals surface area (Å²) in [6.45, 7) is 11.7. The van der Waals surface area contributed by atoms with Gasteiger partial charge < -0.3 is 14.8 Å². The van der Waals surface area contributed by atoms with Gasteiger partial charge in [-0.15, -0.1) is 0 Å². The first-order valence-electron chi connectivity index (χ1n) is 6.48. The Morgan fingerprint density at radius 2 is 1.75 bits per heavy atom. The zero-order valence-corrected chi connectivity index (χ0v) is 10.7. The molecule has 96 valence electrons. The van der Waals surface area contributed by atoms with Crippen LogP contribution in [0.1, 0.15) is 20.3 Å². The minimum absolute atomic E-state index is 0.668. The van der Waals surface area contributed by atoms with Crippen molar-refractivity contribution < 1.29 is 9.47 Å². The lowest BCUT2D eigenvalue weighted by Crippen LogP contribution is -2.41. The minimum Gasteiger partial charge on any atom is -0.380 e. The van der Waals surface area contributed by atoms with Crippen LogP contribution in [-0.4, -0.2) is 63.5 Å². The molecule has 1 heterocycles. The molecular formula is C12H26N2O2. The van der Waals surface area contributed by atoms with Gasteiger partial charge in [0.25, 0.3) is 0 Å². The van der Waals surface area contributed by atoms with Crippen LogP contribution in [0.3, 0.4) is 0 Å². The van der Waals surface area contributed by atoms with Gasteiger partial charge in [0.1, 0.15) is 0 Å². The third-order valence-corrected chi connectivity index (χ3v) is 3.00. The van der Waals surface area contributed by atoms with E-state index in [1.807, 2.05) is 13.8 Å². The molecule has 1 aliphatic rings. The molecule has 1 atom stereocenters. The van der Waals surface area contributed by atoms with E-state index in [-0.39, 0.29) is 0 Å². The van der Waals surface area contributed by atoms with Crippen molar-refractivity contribution in [3.8, 4) is 0 Å². The zero-order chi connectivity index (χ0) is 11.6. The van der Waals surface area contributed by atoms with Gasteiger partial charge in [0.15, 0.2) is 0 Å². The SMILES string of the molecule is CCOCCN(CCOCC)C1CCNC1. The van der Waals surface area contributed by atoms with Gasteiger partial charge in [-0.05, 0) is 26.8 Å². The van der Waals surface area contributed by atoms with Crippen LogP contribution in [-0.2, 0) is 9.47 Å². The van der Waals surface area contributed by atoms with E-state index in [0.29, 0.717) is 6.04 Å². The lowest BCUT2D eigenvalue weighted by atomic mass is 10.2. The van der Waals surface area contributed by atoms with Crippen molar-refractivity contribution in [3.05, 3.63) is 0 Å². The number of nitrogens with one attached hydrogen (secondary N) is 1. The molecule has 0 bridgehead atoms. The molecule has 0 aromatic heterocycles. The van der Waals surface area contributed by atoms with Gasteiger partial charge in [-0.25, -0.2) is 0 Å². The fourth-order valence-corrected chi connectivity index (χ4v) is 2.08. The van der Waals surface area contributed by atoms with Gasteiger partial charge in [-0.3, -0.25) is 4.90 Å². The zero-order valence-electron chi connectivity index (χ0n) is 10.7. The topological polar surface area (TPSA) is 33.7 Å². The van der Waals surface area contributed by atoms with Crippen molar-refractivity contribution in [2.75, 3.05) is 52.6 Å². The van der Waals surface area contributed by atoms with Crippen LogP contribution >= 0.6 is 0 Å². The number of rotatable bonds is 9. The number of ether oxygens (including phenoxy) is 2. The normalized spacial score (nSPS) is 20.8. The molecule has 0 aliphatic carbocycles. The molecule has 0 aromatic carbocycles. The molecule has 0 aromatic rings. The highest BCUT2D eigenvalue weighted by atomic mass is 16.5. The van der Waals surface area contributed by atoms with E-state index < -0.39 is 0 Å². The second-order valence-electron chi connectivity index (χ2n) is 4.08. The van der Waals surface area contributed by atoms with Crippen molar-refractivity contribution >= 4 is 0 Å². The Balaban J connectivity index is 2.22. The average Bonchev–Trinajstić information content (AvgIpc) is 2.81. The van der Waals surface area contributed by atoms with E-state index in [9.17, 15) is 0 Å². The molecule has 1 unspecified atom stereocenters. The van der Waals surface area contributed by atoms with Crippen LogP contribution in [0.5, 0.6) is 0 Å². The van der Waals surface area contributed by atoms with Crippen molar-refractivity contribution in [1.29, 1.82) is 0 Å². The summed E-state index contributed by atoms with van der Waals surface area (Å²) in [6.07, 6.45) is 1.25. The molecule has 0 spiro atoms. The van der Waals surface area contributed by atoms with Gasteiger partial charge in [0.05, 0.1) is 13.2 Å². The maximum Gasteiger partial charge on any atom is 0.0593 e. The van der Waals surface area contributed by atoms with E-state index >= 15 is 0 Å². The highest BCUT2D eigenvalue weighted by Crippen LogP contribution is 2.07. The predicted octanol–water partition coefficient (Wildman–Crippen LogP) is 0.723. The average molecular weight is 230 g/mol. The summed E-state index contributed by atoms with van der Waals surface area (Å²) in [5.74, 6) is 0. The van der Waals surface area contributed by atoms with Crippen LogP contribution in [0.2, 0.25) is 0 Å². The summed E-state index contributed by atoms with van der Waals surface area (Å²) >= 11 is 0. The summed E-state index contributed by atoms with van der Waals surface area (Å²) in [5.41, 5.74) is 0. The van der Waals surface area contributed by atoms with Gasteiger partial charge in [-0.1, -0.05) is 0 Å². The maximum atomic E-state index is 5.43. The molecular weight excluding hydrogens is 204 g/mol. The summed E-state index contributed by atoms with van der Waals surface area (Å²) in [7, 11) is 0. The molecule has 1 saturated heterocycles. The van der Waals surface area contributed by atoms with Crippen LogP contribution < -0.4 is 5.32 Å². The fourth-order valence-electron chi connectivity index (χ4n) is 2.08. The van der Waals surface area contributed by atoms with Crippen LogP contribution in [0.4, 0.5) is 0 Å². The third-order valence-electron chi connectivity index (χ3n) is 3.00. The summed E-state index contributed by atoms with van der Waals surface area (Å²) in [5, 5.41) is 3.41. The van der Waals surface area contributed by atoms with Gasteiger partial charge >= 0.3 is 0 Å². The van der Waals surface area contributed by atoms with Gasteiger partial charge in [0, 0.05) is 38.9 Å². The summed E-state index contributed by atoms with van der Waals surface area (Å²) in [4.78, 5) is 2.49. The van der Waals surface area contributed by atoms with E-state index in [1.54, 1.807) is 0 Å². The first kappa shape index (κ1) is 13.9. The second kappa shape index (κ2) is 8.93. The quantitative estimate of drug-likeness (QED) is 0.592. The standard InChI is InChI=1S/C12H26N2O2/c1-3-15-9-7-14(8-10-16-4-2)12-5-6-13-11-12/h12-13H,3-11H2,1-2H3. The Hall–Kier alpha value is -0.160. The molecule has 4 nitrogen and oxygen atoms in total. The first-order chi connectivity index (χ1) is 7.88. The third kappa shape index (κ3) is 5.25. The van der Waals surface area contributed by atoms with Crippen LogP contribution in [0.25, 0.3) is 0 Å². The molecule has 1 fully saturated rings. The van der Waals surface area contributed by atoms with E-state index in [2.05, 4.69) is 10.2 Å². The van der Waals surface area contributed by atoms with Crippen LogP contribution in [0, 0.1) is 0 Å². The second-order valence-corrected chi connectivity index (χ2v) is 4.08. The molecule has 4 heteroatoms. The molecule has 0 saturated carbocycles. The number of nitrogens with zero attached hydrogens (tertiary/aromatic N) is 1. The van der Waals surface area contributed by atoms with Gasteiger partial charge in [-0.2, -0.15) is 0 Å². The van der Waals surface area contributed by atoms with Crippen molar-refractivity contribution in [3.63, 3.8) is 0 Å². The number of hydrogen-bond donors (Lipinski definition) is 1. The maximum absolute atomic E-state index is 5.43. The minimum atomic E-state index is 0.668. The van der Waals surface area contributed by atoms with E-state index in [4.69, 9.17) is 9.47 Å². The van der Waals surface area contributed by atoms with Crippen molar-refractivity contribution in [1.82, 2.24) is 10.2 Å². The summed E-state index contributed by atoms with van der Waals surface area (Å²) < 4.78 is 10.9. The van der Waals surface area contributed by atoms with E-state index in [0.717, 1.165) is 52.6 Å². The highest BCUT2D eigenvalue weighted by molar-refractivity contribution is 4.80. The monoisotopic (exact) mass is 230 g/mol. The Labute approximate surface area is 99.3 Å². The summed E-state index contributed by atoms with van der Waals surface area (Å²) in [6, 6.07) is 0.668. The molecule has 0 amide bonds. The van der Waals surface area contributed by atoms with E-state index in [1.165, 1.54) is 6.42 Å². The van der Waals surface area contributed by atoms with Crippen LogP contribution in [0.15, 0.2) is 0 Å². The molecule has 16 heavy (non-hydrogen) atoms. The molecule has 0 radical (unpaired) electrons. The molecule has 1 rings (SSSR count). The largest absolute Gasteiger partial charge is 0.380 e. The van der Waals surface area contributed by atoms with Crippen molar-refractivity contribution in [2.45, 2.75) is 26.3 Å². The lowest BCUT2D eigenvalue weighted by molar-refractivity contribution is 0.0665. The Morgan fingerprint density at radius 1 is 1.12 bits per heavy atom. The van der Waals surface area contributed by atoms with Gasteiger partial charge in [0.2, 0.25) is 0 Å². The Kier molecular flexibility index (Phi) is 7.76. The predicted molar refractivity (Wildman–Crippen MR) is 65.8 cm³/mol. The first-order valence-corrected chi connectivity index (χ1v) is 6.48. The molecule has 1 aliphatic heterocycles. The van der Waals surface area contributed by atoms with Crippen molar-refractivity contribution in [2.24, 2.45) is 0 Å². The number of hydrogen-bond acceptors (Lipinski definition) is 4.